The van der Waals surface area contributed by atoms with Crippen LogP contribution >= 0.6 is 0 Å². The van der Waals surface area contributed by atoms with Crippen LogP contribution in [0.2, 0.25) is 0 Å². The monoisotopic (exact) mass is 372 g/mol. The molecule has 2 aromatic rings. The van der Waals surface area contributed by atoms with Crippen molar-refractivity contribution in [3.8, 4) is 11.4 Å². The van der Waals surface area contributed by atoms with Gasteiger partial charge in [-0.25, -0.2) is 14.4 Å². The van der Waals surface area contributed by atoms with Crippen molar-refractivity contribution in [1.82, 2.24) is 20.6 Å². The fourth-order valence-corrected chi connectivity index (χ4v) is 3.40. The number of halogens is 1. The standard InChI is InChI=1S/C19H25FN6O/c1-2-21-12-23-13-3-4-14(16(20)9-13)18-24-17-11-22-10-15(17)19(25-18)26-5-7-27-8-6-26/h3-4,9,21-23H,2,5-8,10-12H2,1H3. The van der Waals surface area contributed by atoms with Gasteiger partial charge in [0, 0.05) is 37.4 Å². The summed E-state index contributed by atoms with van der Waals surface area (Å²) < 4.78 is 20.2. The van der Waals surface area contributed by atoms with E-state index in [1.807, 2.05) is 13.0 Å². The average Bonchev–Trinajstić information content (AvgIpc) is 3.17. The number of nitrogens with zero attached hydrogens (tertiary/aromatic N) is 3. The van der Waals surface area contributed by atoms with Gasteiger partial charge in [0.2, 0.25) is 0 Å². The minimum absolute atomic E-state index is 0.324. The van der Waals surface area contributed by atoms with Crippen molar-refractivity contribution < 1.29 is 9.13 Å². The molecule has 0 spiro atoms. The Bertz CT molecular complexity index is 809. The third-order valence-electron chi connectivity index (χ3n) is 4.85. The molecule has 0 atom stereocenters. The van der Waals surface area contributed by atoms with Gasteiger partial charge in [-0.3, -0.25) is 0 Å². The van der Waals surface area contributed by atoms with E-state index in [9.17, 15) is 4.39 Å². The van der Waals surface area contributed by atoms with Crippen molar-refractivity contribution in [3.63, 3.8) is 0 Å². The van der Waals surface area contributed by atoms with Crippen LogP contribution in [0.3, 0.4) is 0 Å². The summed E-state index contributed by atoms with van der Waals surface area (Å²) in [6.07, 6.45) is 0. The van der Waals surface area contributed by atoms with Gasteiger partial charge in [0.05, 0.1) is 31.1 Å². The molecule has 0 saturated carbocycles. The van der Waals surface area contributed by atoms with Crippen molar-refractivity contribution >= 4 is 11.5 Å². The number of aromatic nitrogens is 2. The normalized spacial score (nSPS) is 16.4. The molecule has 0 aliphatic carbocycles. The maximum absolute atomic E-state index is 14.8. The van der Waals surface area contributed by atoms with Crippen LogP contribution in [0.25, 0.3) is 11.4 Å². The minimum atomic E-state index is -0.324. The quantitative estimate of drug-likeness (QED) is 0.526. The third-order valence-corrected chi connectivity index (χ3v) is 4.85. The predicted octanol–water partition coefficient (Wildman–Crippen LogP) is 1.70. The van der Waals surface area contributed by atoms with E-state index in [0.717, 1.165) is 48.9 Å². The molecule has 4 rings (SSSR count). The van der Waals surface area contributed by atoms with Crippen LogP contribution in [0, 0.1) is 5.82 Å². The topological polar surface area (TPSA) is 74.3 Å². The van der Waals surface area contributed by atoms with Gasteiger partial charge in [-0.05, 0) is 24.7 Å². The molecule has 0 amide bonds. The SMILES string of the molecule is CCNCNc1ccc(-c2nc3c(c(N4CCOCC4)n2)CNC3)c(F)c1. The Hall–Kier alpha value is -2.29. The number of nitrogens with one attached hydrogen (secondary N) is 3. The molecule has 1 fully saturated rings. The van der Waals surface area contributed by atoms with Crippen molar-refractivity contribution in [2.75, 3.05) is 49.7 Å². The van der Waals surface area contributed by atoms with Gasteiger partial charge in [0.15, 0.2) is 5.82 Å². The van der Waals surface area contributed by atoms with Gasteiger partial charge in [0.25, 0.3) is 0 Å². The first-order valence-electron chi connectivity index (χ1n) is 9.44. The number of benzene rings is 1. The van der Waals surface area contributed by atoms with E-state index in [1.54, 1.807) is 6.07 Å². The lowest BCUT2D eigenvalue weighted by molar-refractivity contribution is 0.122. The van der Waals surface area contributed by atoms with E-state index in [-0.39, 0.29) is 5.82 Å². The molecule has 1 aromatic carbocycles. The predicted molar refractivity (Wildman–Crippen MR) is 103 cm³/mol. The highest BCUT2D eigenvalue weighted by Gasteiger charge is 2.25. The Morgan fingerprint density at radius 2 is 2.07 bits per heavy atom. The largest absolute Gasteiger partial charge is 0.378 e. The second-order valence-corrected chi connectivity index (χ2v) is 6.65. The molecule has 0 unspecified atom stereocenters. The molecule has 27 heavy (non-hydrogen) atoms. The van der Waals surface area contributed by atoms with Gasteiger partial charge in [0.1, 0.15) is 11.6 Å². The lowest BCUT2D eigenvalue weighted by Gasteiger charge is -2.29. The summed E-state index contributed by atoms with van der Waals surface area (Å²) in [5.41, 5.74) is 3.22. The lowest BCUT2D eigenvalue weighted by atomic mass is 10.1. The highest BCUT2D eigenvalue weighted by atomic mass is 19.1. The summed E-state index contributed by atoms with van der Waals surface area (Å²) in [5.74, 6) is 1.02. The highest BCUT2D eigenvalue weighted by Crippen LogP contribution is 2.30. The molecule has 3 heterocycles. The molecule has 2 aliphatic rings. The fraction of sp³-hybridized carbons (Fsp3) is 0.474. The Kier molecular flexibility index (Phi) is 5.47. The van der Waals surface area contributed by atoms with Gasteiger partial charge < -0.3 is 25.6 Å². The number of rotatable bonds is 6. The maximum Gasteiger partial charge on any atom is 0.164 e. The third kappa shape index (κ3) is 3.87. The van der Waals surface area contributed by atoms with Gasteiger partial charge in [-0.1, -0.05) is 6.92 Å². The molecule has 2 aliphatic heterocycles. The molecule has 144 valence electrons. The van der Waals surface area contributed by atoms with Crippen molar-refractivity contribution in [2.45, 2.75) is 20.0 Å². The van der Waals surface area contributed by atoms with Crippen molar-refractivity contribution in [3.05, 3.63) is 35.3 Å². The first-order valence-corrected chi connectivity index (χ1v) is 9.44. The average molecular weight is 372 g/mol. The highest BCUT2D eigenvalue weighted by molar-refractivity contribution is 5.64. The molecule has 8 heteroatoms. The van der Waals surface area contributed by atoms with Crippen LogP contribution < -0.4 is 20.9 Å². The van der Waals surface area contributed by atoms with Crippen LogP contribution in [0.15, 0.2) is 18.2 Å². The summed E-state index contributed by atoms with van der Waals surface area (Å²) in [5, 5.41) is 9.63. The first-order chi connectivity index (χ1) is 13.3. The Morgan fingerprint density at radius 3 is 2.85 bits per heavy atom. The maximum atomic E-state index is 14.8. The fourth-order valence-electron chi connectivity index (χ4n) is 3.40. The Balaban J connectivity index is 1.65. The van der Waals surface area contributed by atoms with Crippen LogP contribution in [0.5, 0.6) is 0 Å². The Labute approximate surface area is 158 Å². The molecule has 7 nitrogen and oxygen atoms in total. The summed E-state index contributed by atoms with van der Waals surface area (Å²) in [7, 11) is 0. The minimum Gasteiger partial charge on any atom is -0.378 e. The molecular weight excluding hydrogens is 347 g/mol. The van der Waals surface area contributed by atoms with Crippen LogP contribution in [0.4, 0.5) is 15.9 Å². The number of morpholine rings is 1. The number of anilines is 2. The van der Waals surface area contributed by atoms with Crippen LogP contribution in [-0.2, 0) is 17.8 Å². The lowest BCUT2D eigenvalue weighted by Crippen LogP contribution is -2.37. The van der Waals surface area contributed by atoms with E-state index in [4.69, 9.17) is 9.72 Å². The molecule has 3 N–H and O–H groups in total. The molecule has 0 radical (unpaired) electrons. The van der Waals surface area contributed by atoms with E-state index in [1.165, 1.54) is 6.07 Å². The molecular formula is C19H25FN6O. The zero-order valence-corrected chi connectivity index (χ0v) is 15.5. The second-order valence-electron chi connectivity index (χ2n) is 6.65. The van der Waals surface area contributed by atoms with Crippen molar-refractivity contribution in [2.24, 2.45) is 0 Å². The summed E-state index contributed by atoms with van der Waals surface area (Å²) in [6.45, 7) is 7.86. The number of hydrogen-bond donors (Lipinski definition) is 3. The van der Waals surface area contributed by atoms with E-state index in [0.29, 0.717) is 37.8 Å². The zero-order valence-electron chi connectivity index (χ0n) is 15.5. The van der Waals surface area contributed by atoms with Gasteiger partial charge in [-0.2, -0.15) is 0 Å². The zero-order chi connectivity index (χ0) is 18.6. The van der Waals surface area contributed by atoms with Gasteiger partial charge >= 0.3 is 0 Å². The van der Waals surface area contributed by atoms with Gasteiger partial charge in [-0.15, -0.1) is 0 Å². The summed E-state index contributed by atoms with van der Waals surface area (Å²) in [4.78, 5) is 11.6. The summed E-state index contributed by atoms with van der Waals surface area (Å²) in [6, 6.07) is 5.10. The molecule has 1 saturated heterocycles. The van der Waals surface area contributed by atoms with E-state index < -0.39 is 0 Å². The van der Waals surface area contributed by atoms with E-state index in [2.05, 4.69) is 25.8 Å². The Morgan fingerprint density at radius 1 is 1.22 bits per heavy atom. The van der Waals surface area contributed by atoms with Crippen LogP contribution in [-0.4, -0.2) is 49.5 Å². The smallest absolute Gasteiger partial charge is 0.164 e. The molecule has 1 aromatic heterocycles. The summed E-state index contributed by atoms with van der Waals surface area (Å²) >= 11 is 0. The van der Waals surface area contributed by atoms with Crippen LogP contribution in [0.1, 0.15) is 18.2 Å². The molecule has 0 bridgehead atoms. The van der Waals surface area contributed by atoms with E-state index >= 15 is 0 Å². The number of fused-ring (bicyclic) bond motifs is 1. The number of hydrogen-bond acceptors (Lipinski definition) is 7. The van der Waals surface area contributed by atoms with Crippen molar-refractivity contribution in [1.29, 1.82) is 0 Å². The first kappa shape index (κ1) is 18.1. The second kappa shape index (κ2) is 8.16. The number of ether oxygens (including phenoxy) is 1.